The zero-order chi connectivity index (χ0) is 13.1. The number of carbonyl (C=O) groups excluding carboxylic acids is 1. The van der Waals surface area contributed by atoms with Gasteiger partial charge >= 0.3 is 0 Å². The maximum absolute atomic E-state index is 10.9. The number of nitrogen functional groups attached to an aromatic ring is 1. The van der Waals surface area contributed by atoms with Crippen LogP contribution in [0.2, 0.25) is 5.15 Å². The zero-order valence-corrected chi connectivity index (χ0v) is 10.1. The lowest BCUT2D eigenvalue weighted by Gasteiger charge is -2.09. The van der Waals surface area contributed by atoms with Crippen LogP contribution in [0.1, 0.15) is 10.4 Å². The largest absolute Gasteiger partial charge is 0.395 e. The third-order valence-electron chi connectivity index (χ3n) is 2.39. The standard InChI is InChI=1S/C12H11ClN4O/c13-11-10(14)9(5-6-16-11)17-8-3-1-7(2-4-8)12(15)18/h1-6H,14H2,(H2,15,18)(H,16,17). The third kappa shape index (κ3) is 2.52. The minimum absolute atomic E-state index is 0.244. The Hall–Kier alpha value is -2.27. The average Bonchev–Trinajstić information content (AvgIpc) is 2.36. The van der Waals surface area contributed by atoms with Gasteiger partial charge in [-0.2, -0.15) is 0 Å². The molecule has 1 heterocycles. The zero-order valence-electron chi connectivity index (χ0n) is 9.35. The van der Waals surface area contributed by atoms with Gasteiger partial charge in [-0.15, -0.1) is 0 Å². The average molecular weight is 263 g/mol. The second-order valence-electron chi connectivity index (χ2n) is 3.63. The predicted octanol–water partition coefficient (Wildman–Crippen LogP) is 2.16. The van der Waals surface area contributed by atoms with Crippen LogP contribution in [0, 0.1) is 0 Å². The molecule has 0 atom stereocenters. The first-order valence-corrected chi connectivity index (χ1v) is 5.52. The summed E-state index contributed by atoms with van der Waals surface area (Å²) in [6.45, 7) is 0. The molecule has 0 spiro atoms. The van der Waals surface area contributed by atoms with Gasteiger partial charge in [-0.3, -0.25) is 4.79 Å². The van der Waals surface area contributed by atoms with Crippen molar-refractivity contribution in [3.63, 3.8) is 0 Å². The van der Waals surface area contributed by atoms with Gasteiger partial charge in [-0.1, -0.05) is 11.6 Å². The molecule has 6 heteroatoms. The number of benzene rings is 1. The number of amides is 1. The SMILES string of the molecule is NC(=O)c1ccc(Nc2ccnc(Cl)c2N)cc1. The van der Waals surface area contributed by atoms with E-state index in [9.17, 15) is 4.79 Å². The van der Waals surface area contributed by atoms with Crippen LogP contribution in [-0.2, 0) is 0 Å². The van der Waals surface area contributed by atoms with Crippen LogP contribution in [0.25, 0.3) is 0 Å². The van der Waals surface area contributed by atoms with E-state index >= 15 is 0 Å². The lowest BCUT2D eigenvalue weighted by Crippen LogP contribution is -2.10. The quantitative estimate of drug-likeness (QED) is 0.739. The van der Waals surface area contributed by atoms with Gasteiger partial charge in [0.05, 0.1) is 11.4 Å². The van der Waals surface area contributed by atoms with E-state index in [0.717, 1.165) is 5.69 Å². The molecule has 2 rings (SSSR count). The molecular formula is C12H11ClN4O. The van der Waals surface area contributed by atoms with Crippen LogP contribution in [0.3, 0.4) is 0 Å². The number of hydrogen-bond acceptors (Lipinski definition) is 4. The molecule has 18 heavy (non-hydrogen) atoms. The number of anilines is 3. The Labute approximate surface area is 109 Å². The molecule has 92 valence electrons. The highest BCUT2D eigenvalue weighted by Crippen LogP contribution is 2.27. The van der Waals surface area contributed by atoms with Crippen molar-refractivity contribution in [1.29, 1.82) is 0 Å². The third-order valence-corrected chi connectivity index (χ3v) is 2.69. The molecule has 0 saturated heterocycles. The second kappa shape index (κ2) is 4.93. The van der Waals surface area contributed by atoms with Crippen molar-refractivity contribution in [2.45, 2.75) is 0 Å². The van der Waals surface area contributed by atoms with E-state index < -0.39 is 5.91 Å². The number of hydrogen-bond donors (Lipinski definition) is 3. The molecule has 0 saturated carbocycles. The first-order valence-electron chi connectivity index (χ1n) is 5.15. The molecule has 1 amide bonds. The highest BCUT2D eigenvalue weighted by molar-refractivity contribution is 6.32. The van der Waals surface area contributed by atoms with Crippen molar-refractivity contribution >= 4 is 34.6 Å². The minimum Gasteiger partial charge on any atom is -0.395 e. The van der Waals surface area contributed by atoms with Crippen LogP contribution in [0.5, 0.6) is 0 Å². The fourth-order valence-electron chi connectivity index (χ4n) is 1.43. The summed E-state index contributed by atoms with van der Waals surface area (Å²) in [6, 6.07) is 8.43. The molecule has 0 fully saturated rings. The highest BCUT2D eigenvalue weighted by atomic mass is 35.5. The molecule has 0 aliphatic carbocycles. The van der Waals surface area contributed by atoms with E-state index in [1.165, 1.54) is 0 Å². The van der Waals surface area contributed by atoms with Crippen LogP contribution < -0.4 is 16.8 Å². The number of rotatable bonds is 3. The van der Waals surface area contributed by atoms with E-state index in [2.05, 4.69) is 10.3 Å². The molecule has 1 aromatic carbocycles. The Kier molecular flexibility index (Phi) is 3.34. The summed E-state index contributed by atoms with van der Waals surface area (Å²) in [5.41, 5.74) is 13.2. The number of halogens is 1. The van der Waals surface area contributed by atoms with Crippen molar-refractivity contribution in [2.24, 2.45) is 5.73 Å². The van der Waals surface area contributed by atoms with Crippen molar-refractivity contribution < 1.29 is 4.79 Å². The summed E-state index contributed by atoms with van der Waals surface area (Å²) in [6.07, 6.45) is 1.55. The molecule has 0 unspecified atom stereocenters. The van der Waals surface area contributed by atoms with E-state index in [4.69, 9.17) is 23.1 Å². The number of pyridine rings is 1. The smallest absolute Gasteiger partial charge is 0.248 e. The number of primary amides is 1. The fraction of sp³-hybridized carbons (Fsp3) is 0. The Bertz CT molecular complexity index is 583. The number of aromatic nitrogens is 1. The summed E-state index contributed by atoms with van der Waals surface area (Å²) in [4.78, 5) is 14.8. The fourth-order valence-corrected chi connectivity index (χ4v) is 1.59. The monoisotopic (exact) mass is 262 g/mol. The van der Waals surface area contributed by atoms with Crippen molar-refractivity contribution in [2.75, 3.05) is 11.1 Å². The van der Waals surface area contributed by atoms with E-state index in [1.807, 2.05) is 0 Å². The Morgan fingerprint density at radius 3 is 2.50 bits per heavy atom. The van der Waals surface area contributed by atoms with Gasteiger partial charge in [0.15, 0.2) is 5.15 Å². The molecule has 0 aliphatic rings. The Balaban J connectivity index is 2.24. The topological polar surface area (TPSA) is 94.0 Å². The van der Waals surface area contributed by atoms with E-state index in [-0.39, 0.29) is 5.15 Å². The molecule has 0 bridgehead atoms. The summed E-state index contributed by atoms with van der Waals surface area (Å²) in [7, 11) is 0. The summed E-state index contributed by atoms with van der Waals surface area (Å²) in [5.74, 6) is -0.465. The first kappa shape index (κ1) is 12.2. The molecule has 5 N–H and O–H groups in total. The van der Waals surface area contributed by atoms with Crippen LogP contribution >= 0.6 is 11.6 Å². The van der Waals surface area contributed by atoms with Gasteiger partial charge < -0.3 is 16.8 Å². The maximum atomic E-state index is 10.9. The van der Waals surface area contributed by atoms with Gasteiger partial charge in [0.1, 0.15) is 0 Å². The lowest BCUT2D eigenvalue weighted by molar-refractivity contribution is 0.100. The van der Waals surface area contributed by atoms with E-state index in [0.29, 0.717) is 16.9 Å². The molecule has 5 nitrogen and oxygen atoms in total. The molecule has 1 aromatic heterocycles. The number of carbonyl (C=O) groups is 1. The van der Waals surface area contributed by atoms with Crippen LogP contribution in [-0.4, -0.2) is 10.9 Å². The van der Waals surface area contributed by atoms with Crippen molar-refractivity contribution in [1.82, 2.24) is 4.98 Å². The maximum Gasteiger partial charge on any atom is 0.248 e. The van der Waals surface area contributed by atoms with Gasteiger partial charge in [-0.25, -0.2) is 4.98 Å². The summed E-state index contributed by atoms with van der Waals surface area (Å²) < 4.78 is 0. The predicted molar refractivity (Wildman–Crippen MR) is 71.9 cm³/mol. The van der Waals surface area contributed by atoms with Crippen LogP contribution in [0.4, 0.5) is 17.1 Å². The van der Waals surface area contributed by atoms with Crippen molar-refractivity contribution in [3.05, 3.63) is 47.2 Å². The van der Waals surface area contributed by atoms with Gasteiger partial charge in [-0.05, 0) is 30.3 Å². The van der Waals surface area contributed by atoms with Gasteiger partial charge in [0, 0.05) is 17.4 Å². The number of nitrogens with one attached hydrogen (secondary N) is 1. The first-order chi connectivity index (χ1) is 8.58. The number of nitrogens with zero attached hydrogens (tertiary/aromatic N) is 1. The number of nitrogens with two attached hydrogens (primary N) is 2. The van der Waals surface area contributed by atoms with Gasteiger partial charge in [0.25, 0.3) is 0 Å². The van der Waals surface area contributed by atoms with Crippen LogP contribution in [0.15, 0.2) is 36.5 Å². The highest BCUT2D eigenvalue weighted by Gasteiger charge is 2.05. The van der Waals surface area contributed by atoms with Crippen molar-refractivity contribution in [3.8, 4) is 0 Å². The Morgan fingerprint density at radius 1 is 1.22 bits per heavy atom. The lowest BCUT2D eigenvalue weighted by atomic mass is 10.2. The molecule has 0 aliphatic heterocycles. The normalized spacial score (nSPS) is 10.1. The van der Waals surface area contributed by atoms with Gasteiger partial charge in [0.2, 0.25) is 5.91 Å². The second-order valence-corrected chi connectivity index (χ2v) is 3.99. The summed E-state index contributed by atoms with van der Waals surface area (Å²) in [5, 5.41) is 3.32. The summed E-state index contributed by atoms with van der Waals surface area (Å²) >= 11 is 5.81. The Morgan fingerprint density at radius 2 is 1.89 bits per heavy atom. The minimum atomic E-state index is -0.465. The van der Waals surface area contributed by atoms with E-state index in [1.54, 1.807) is 36.5 Å². The molecule has 0 radical (unpaired) electrons. The molecule has 2 aromatic rings. The molecular weight excluding hydrogens is 252 g/mol.